The van der Waals surface area contributed by atoms with Crippen LogP contribution in [0.2, 0.25) is 0 Å². The van der Waals surface area contributed by atoms with Crippen molar-refractivity contribution in [2.24, 2.45) is 5.92 Å². The van der Waals surface area contributed by atoms with Crippen molar-refractivity contribution < 1.29 is 14.3 Å². The molecule has 118 valence electrons. The molecule has 0 bridgehead atoms. The lowest BCUT2D eigenvalue weighted by Crippen LogP contribution is -2.31. The third kappa shape index (κ3) is 4.78. The minimum absolute atomic E-state index is 0.131. The van der Waals surface area contributed by atoms with Crippen LogP contribution in [-0.4, -0.2) is 59.5 Å². The number of hydrogen-bond donors (Lipinski definition) is 0. The van der Waals surface area contributed by atoms with Gasteiger partial charge in [-0.1, -0.05) is 0 Å². The maximum Gasteiger partial charge on any atom is 0.223 e. The molecule has 21 heavy (non-hydrogen) atoms. The number of carbonyl (C=O) groups is 1. The Hall–Kier alpha value is -1.47. The van der Waals surface area contributed by atoms with Gasteiger partial charge >= 0.3 is 0 Å². The van der Waals surface area contributed by atoms with Crippen LogP contribution in [0.15, 0.2) is 6.33 Å². The summed E-state index contributed by atoms with van der Waals surface area (Å²) >= 11 is 0. The van der Waals surface area contributed by atoms with Crippen LogP contribution in [0.4, 0.5) is 0 Å². The average molecular weight is 296 g/mol. The lowest BCUT2D eigenvalue weighted by atomic mass is 9.98. The molecule has 2 rings (SSSR count). The van der Waals surface area contributed by atoms with Crippen LogP contribution in [0.3, 0.4) is 0 Å². The fourth-order valence-electron chi connectivity index (χ4n) is 2.45. The molecule has 1 amide bonds. The zero-order chi connectivity index (χ0) is 15.1. The van der Waals surface area contributed by atoms with Crippen LogP contribution in [0.5, 0.6) is 0 Å². The molecule has 2 heterocycles. The molecular formula is C14H24N4O3. The first kappa shape index (κ1) is 15.9. The molecule has 1 aromatic heterocycles. The molecule has 7 nitrogen and oxygen atoms in total. The molecule has 1 aliphatic rings. The Bertz CT molecular complexity index is 443. The van der Waals surface area contributed by atoms with Crippen molar-refractivity contribution in [1.82, 2.24) is 19.7 Å². The van der Waals surface area contributed by atoms with Crippen LogP contribution >= 0.6 is 0 Å². The number of carbonyl (C=O) groups excluding carboxylic acids is 1. The van der Waals surface area contributed by atoms with Gasteiger partial charge in [-0.3, -0.25) is 4.79 Å². The fraction of sp³-hybridized carbons (Fsp3) is 0.786. The molecule has 1 unspecified atom stereocenters. The van der Waals surface area contributed by atoms with E-state index < -0.39 is 0 Å². The fourth-order valence-corrected chi connectivity index (χ4v) is 2.45. The van der Waals surface area contributed by atoms with Gasteiger partial charge in [-0.25, -0.2) is 0 Å². The second kappa shape index (κ2) is 8.09. The molecular weight excluding hydrogens is 272 g/mol. The maximum absolute atomic E-state index is 12.3. The Morgan fingerprint density at radius 3 is 3.19 bits per heavy atom. The van der Waals surface area contributed by atoms with Crippen molar-refractivity contribution >= 4 is 5.91 Å². The van der Waals surface area contributed by atoms with Crippen molar-refractivity contribution in [2.75, 3.05) is 34.0 Å². The summed E-state index contributed by atoms with van der Waals surface area (Å²) in [5, 5.41) is 7.98. The largest absolute Gasteiger partial charge is 0.383 e. The molecule has 1 saturated heterocycles. The van der Waals surface area contributed by atoms with Crippen LogP contribution in [-0.2, 0) is 27.4 Å². The summed E-state index contributed by atoms with van der Waals surface area (Å²) in [5.41, 5.74) is 0. The average Bonchev–Trinajstić information content (AvgIpc) is 2.93. The summed E-state index contributed by atoms with van der Waals surface area (Å²) in [6.45, 7) is 3.28. The minimum Gasteiger partial charge on any atom is -0.383 e. The molecule has 0 aromatic carbocycles. The monoisotopic (exact) mass is 296 g/mol. The van der Waals surface area contributed by atoms with Crippen molar-refractivity contribution in [3.05, 3.63) is 12.2 Å². The number of amides is 1. The highest BCUT2D eigenvalue weighted by atomic mass is 16.5. The number of aromatic nitrogens is 3. The highest BCUT2D eigenvalue weighted by molar-refractivity contribution is 5.76. The first-order chi connectivity index (χ1) is 10.2. The molecule has 0 N–H and O–H groups in total. The number of rotatable bonds is 7. The number of methoxy groups -OCH3 is 1. The van der Waals surface area contributed by atoms with Gasteiger partial charge in [-0.15, -0.1) is 10.2 Å². The first-order valence-electron chi connectivity index (χ1n) is 7.38. The van der Waals surface area contributed by atoms with Crippen LogP contribution < -0.4 is 0 Å². The van der Waals surface area contributed by atoms with E-state index in [1.54, 1.807) is 25.4 Å². The van der Waals surface area contributed by atoms with Gasteiger partial charge in [0.05, 0.1) is 13.2 Å². The van der Waals surface area contributed by atoms with Gasteiger partial charge in [0.15, 0.2) is 5.82 Å². The van der Waals surface area contributed by atoms with Gasteiger partial charge in [-0.05, 0) is 18.8 Å². The first-order valence-corrected chi connectivity index (χ1v) is 7.38. The van der Waals surface area contributed by atoms with Gasteiger partial charge in [0.25, 0.3) is 0 Å². The van der Waals surface area contributed by atoms with E-state index in [9.17, 15) is 4.79 Å². The quantitative estimate of drug-likeness (QED) is 0.741. The maximum atomic E-state index is 12.3. The lowest BCUT2D eigenvalue weighted by Gasteiger charge is -2.24. The predicted octanol–water partition coefficient (Wildman–Crippen LogP) is 0.700. The third-order valence-electron chi connectivity index (χ3n) is 3.75. The van der Waals surface area contributed by atoms with E-state index in [0.717, 1.165) is 25.3 Å². The second-order valence-corrected chi connectivity index (χ2v) is 5.47. The standard InChI is InChI=1S/C14H24N4O3/c1-17(14(19)8-12-4-3-6-21-10-12)9-13-16-15-11-18(13)5-7-20-2/h11-12H,3-10H2,1-2H3. The zero-order valence-corrected chi connectivity index (χ0v) is 12.8. The Kier molecular flexibility index (Phi) is 6.13. The summed E-state index contributed by atoms with van der Waals surface area (Å²) in [5.74, 6) is 1.26. The molecule has 0 aliphatic carbocycles. The molecule has 0 spiro atoms. The van der Waals surface area contributed by atoms with Crippen LogP contribution in [0.1, 0.15) is 25.1 Å². The molecule has 1 atom stereocenters. The highest BCUT2D eigenvalue weighted by Gasteiger charge is 2.20. The molecule has 0 radical (unpaired) electrons. The number of nitrogens with zero attached hydrogens (tertiary/aromatic N) is 4. The number of ether oxygens (including phenoxy) is 2. The molecule has 7 heteroatoms. The summed E-state index contributed by atoms with van der Waals surface area (Å²) < 4.78 is 12.4. The van der Waals surface area contributed by atoms with E-state index in [2.05, 4.69) is 10.2 Å². The van der Waals surface area contributed by atoms with Crippen LogP contribution in [0.25, 0.3) is 0 Å². The zero-order valence-electron chi connectivity index (χ0n) is 12.8. The smallest absolute Gasteiger partial charge is 0.223 e. The van der Waals surface area contributed by atoms with Crippen molar-refractivity contribution in [3.8, 4) is 0 Å². The lowest BCUT2D eigenvalue weighted by molar-refractivity contribution is -0.132. The summed E-state index contributed by atoms with van der Waals surface area (Å²) in [6, 6.07) is 0. The van der Waals surface area contributed by atoms with Crippen molar-refractivity contribution in [1.29, 1.82) is 0 Å². The molecule has 0 saturated carbocycles. The van der Waals surface area contributed by atoms with E-state index in [4.69, 9.17) is 9.47 Å². The van der Waals surface area contributed by atoms with Gasteiger partial charge < -0.3 is 18.9 Å². The molecule has 1 aromatic rings. The number of hydrogen-bond acceptors (Lipinski definition) is 5. The molecule has 1 fully saturated rings. The van der Waals surface area contributed by atoms with E-state index in [1.807, 2.05) is 4.57 Å². The summed E-state index contributed by atoms with van der Waals surface area (Å²) in [7, 11) is 3.47. The SMILES string of the molecule is COCCn1cnnc1CN(C)C(=O)CC1CCCOC1. The van der Waals surface area contributed by atoms with Crippen LogP contribution in [0, 0.1) is 5.92 Å². The predicted molar refractivity (Wildman–Crippen MR) is 76.5 cm³/mol. The van der Waals surface area contributed by atoms with Gasteiger partial charge in [-0.2, -0.15) is 0 Å². The van der Waals surface area contributed by atoms with Gasteiger partial charge in [0.1, 0.15) is 6.33 Å². The van der Waals surface area contributed by atoms with Crippen molar-refractivity contribution in [3.63, 3.8) is 0 Å². The molecule has 1 aliphatic heterocycles. The minimum atomic E-state index is 0.131. The third-order valence-corrected chi connectivity index (χ3v) is 3.75. The Morgan fingerprint density at radius 2 is 2.48 bits per heavy atom. The van der Waals surface area contributed by atoms with E-state index in [0.29, 0.717) is 38.6 Å². The van der Waals surface area contributed by atoms with E-state index >= 15 is 0 Å². The Labute approximate surface area is 125 Å². The normalized spacial score (nSPS) is 18.7. The van der Waals surface area contributed by atoms with Crippen molar-refractivity contribution in [2.45, 2.75) is 32.4 Å². The highest BCUT2D eigenvalue weighted by Crippen LogP contribution is 2.18. The van der Waals surface area contributed by atoms with E-state index in [-0.39, 0.29) is 5.91 Å². The Balaban J connectivity index is 1.83. The Morgan fingerprint density at radius 1 is 1.62 bits per heavy atom. The summed E-state index contributed by atoms with van der Waals surface area (Å²) in [6.07, 6.45) is 4.33. The second-order valence-electron chi connectivity index (χ2n) is 5.47. The summed E-state index contributed by atoms with van der Waals surface area (Å²) in [4.78, 5) is 14.0. The van der Waals surface area contributed by atoms with E-state index in [1.165, 1.54) is 0 Å². The van der Waals surface area contributed by atoms with Gasteiger partial charge in [0, 0.05) is 40.3 Å². The van der Waals surface area contributed by atoms with Gasteiger partial charge in [0.2, 0.25) is 5.91 Å². The topological polar surface area (TPSA) is 69.5 Å².